The molecule has 0 spiro atoms. The molecular weight excluding hydrogens is 372 g/mol. The van der Waals surface area contributed by atoms with Gasteiger partial charge in [-0.2, -0.15) is 0 Å². The number of carbonyl (C=O) groups excluding carboxylic acids is 1. The highest BCUT2D eigenvalue weighted by Gasteiger charge is 2.43. The Morgan fingerprint density at radius 2 is 1.88 bits per heavy atom. The van der Waals surface area contributed by atoms with Crippen LogP contribution in [-0.2, 0) is 14.6 Å². The first-order valence-corrected chi connectivity index (χ1v) is 11.6. The SMILES string of the molecule is O=C(CSc1nc2ccccc2o1)N1CC(S(=O)(=O)C2CCCCC2)C1. The molecule has 4 rings (SSSR count). The van der Waals surface area contributed by atoms with Gasteiger partial charge in [-0.15, -0.1) is 0 Å². The van der Waals surface area contributed by atoms with E-state index >= 15 is 0 Å². The third kappa shape index (κ3) is 3.49. The van der Waals surface area contributed by atoms with Crippen molar-refractivity contribution in [2.24, 2.45) is 0 Å². The van der Waals surface area contributed by atoms with Crippen molar-refractivity contribution < 1.29 is 17.6 Å². The van der Waals surface area contributed by atoms with E-state index in [4.69, 9.17) is 4.42 Å². The average Bonchev–Trinajstić information content (AvgIpc) is 3.02. The van der Waals surface area contributed by atoms with Gasteiger partial charge in [-0.1, -0.05) is 43.2 Å². The van der Waals surface area contributed by atoms with Gasteiger partial charge in [0.25, 0.3) is 5.22 Å². The van der Waals surface area contributed by atoms with Gasteiger partial charge >= 0.3 is 0 Å². The monoisotopic (exact) mass is 394 g/mol. The van der Waals surface area contributed by atoms with Crippen molar-refractivity contribution in [3.63, 3.8) is 0 Å². The number of hydrogen-bond donors (Lipinski definition) is 0. The number of thioether (sulfide) groups is 1. The van der Waals surface area contributed by atoms with Gasteiger partial charge in [0.05, 0.1) is 16.3 Å². The molecule has 1 aliphatic carbocycles. The van der Waals surface area contributed by atoms with Crippen LogP contribution in [0.2, 0.25) is 0 Å². The Labute approximate surface area is 157 Å². The van der Waals surface area contributed by atoms with Crippen LogP contribution < -0.4 is 0 Å². The van der Waals surface area contributed by atoms with Gasteiger partial charge in [-0.25, -0.2) is 13.4 Å². The molecule has 0 radical (unpaired) electrons. The number of rotatable bonds is 5. The molecule has 8 heteroatoms. The van der Waals surface area contributed by atoms with E-state index in [1.807, 2.05) is 24.3 Å². The third-order valence-electron chi connectivity index (χ3n) is 5.28. The number of amides is 1. The zero-order valence-electron chi connectivity index (χ0n) is 14.5. The normalized spacial score (nSPS) is 19.6. The Morgan fingerprint density at radius 3 is 2.62 bits per heavy atom. The topological polar surface area (TPSA) is 80.5 Å². The number of sulfone groups is 1. The molecule has 0 bridgehead atoms. The average molecular weight is 395 g/mol. The zero-order chi connectivity index (χ0) is 18.1. The summed E-state index contributed by atoms with van der Waals surface area (Å²) in [7, 11) is -3.11. The lowest BCUT2D eigenvalue weighted by atomic mass is 10.0. The molecule has 1 aromatic carbocycles. The van der Waals surface area contributed by atoms with Crippen LogP contribution in [-0.4, -0.2) is 53.6 Å². The van der Waals surface area contributed by atoms with Gasteiger partial charge in [-0.05, 0) is 25.0 Å². The number of oxazole rings is 1. The molecule has 2 aliphatic rings. The van der Waals surface area contributed by atoms with E-state index in [2.05, 4.69) is 4.98 Å². The van der Waals surface area contributed by atoms with Crippen molar-refractivity contribution >= 4 is 38.6 Å². The second-order valence-electron chi connectivity index (χ2n) is 7.01. The van der Waals surface area contributed by atoms with Crippen LogP contribution in [0.4, 0.5) is 0 Å². The zero-order valence-corrected chi connectivity index (χ0v) is 16.1. The second kappa shape index (κ2) is 7.23. The van der Waals surface area contributed by atoms with E-state index in [1.54, 1.807) is 4.90 Å². The highest BCUT2D eigenvalue weighted by Crippen LogP contribution is 2.30. The Balaban J connectivity index is 1.29. The van der Waals surface area contributed by atoms with E-state index in [0.717, 1.165) is 37.6 Å². The summed E-state index contributed by atoms with van der Waals surface area (Å²) in [6.45, 7) is 0.650. The molecule has 2 heterocycles. The molecule has 1 aromatic heterocycles. The molecule has 1 amide bonds. The number of carbonyl (C=O) groups is 1. The number of para-hydroxylation sites is 2. The number of benzene rings is 1. The fraction of sp³-hybridized carbons (Fsp3) is 0.556. The van der Waals surface area contributed by atoms with Gasteiger partial charge in [0.15, 0.2) is 15.4 Å². The first kappa shape index (κ1) is 17.9. The number of hydrogen-bond acceptors (Lipinski definition) is 6. The van der Waals surface area contributed by atoms with Crippen molar-refractivity contribution in [2.75, 3.05) is 18.8 Å². The molecular formula is C18H22N2O4S2. The van der Waals surface area contributed by atoms with Crippen molar-refractivity contribution in [3.8, 4) is 0 Å². The fourth-order valence-corrected chi connectivity index (χ4v) is 6.69. The number of aromatic nitrogens is 1. The lowest BCUT2D eigenvalue weighted by Gasteiger charge is -2.40. The summed E-state index contributed by atoms with van der Waals surface area (Å²) in [5, 5.41) is -0.122. The smallest absolute Gasteiger partial charge is 0.257 e. The third-order valence-corrected chi connectivity index (χ3v) is 8.72. The maximum absolute atomic E-state index is 12.6. The Hall–Kier alpha value is -1.54. The first-order valence-electron chi connectivity index (χ1n) is 9.03. The first-order chi connectivity index (χ1) is 12.5. The van der Waals surface area contributed by atoms with E-state index in [-0.39, 0.29) is 22.2 Å². The molecule has 0 N–H and O–H groups in total. The predicted molar refractivity (Wildman–Crippen MR) is 101 cm³/mol. The van der Waals surface area contributed by atoms with Crippen molar-refractivity contribution in [3.05, 3.63) is 24.3 Å². The Kier molecular flexibility index (Phi) is 4.96. The summed E-state index contributed by atoms with van der Waals surface area (Å²) >= 11 is 1.25. The maximum Gasteiger partial charge on any atom is 0.257 e. The molecule has 2 aromatic rings. The van der Waals surface area contributed by atoms with Gasteiger partial charge in [0, 0.05) is 13.1 Å². The molecule has 0 atom stereocenters. The standard InChI is InChI=1S/C18H22N2O4S2/c21-17(12-25-18-19-15-8-4-5-9-16(15)24-18)20-10-14(11-20)26(22,23)13-6-2-1-3-7-13/h4-5,8-9,13-14H,1-3,6-7,10-12H2. The summed E-state index contributed by atoms with van der Waals surface area (Å²) in [6, 6.07) is 7.46. The van der Waals surface area contributed by atoms with Crippen LogP contribution in [0.25, 0.3) is 11.1 Å². The Bertz CT molecular complexity index is 864. The van der Waals surface area contributed by atoms with Crippen molar-refractivity contribution in [2.45, 2.75) is 47.8 Å². The van der Waals surface area contributed by atoms with Gasteiger partial charge in [-0.3, -0.25) is 4.79 Å². The van der Waals surface area contributed by atoms with E-state index in [9.17, 15) is 13.2 Å². The van der Waals surface area contributed by atoms with Crippen molar-refractivity contribution in [1.82, 2.24) is 9.88 Å². The minimum Gasteiger partial charge on any atom is -0.431 e. The van der Waals surface area contributed by atoms with Gasteiger partial charge in [0.1, 0.15) is 5.52 Å². The van der Waals surface area contributed by atoms with E-state index in [0.29, 0.717) is 23.9 Å². The molecule has 1 saturated carbocycles. The van der Waals surface area contributed by atoms with Gasteiger partial charge in [0.2, 0.25) is 5.91 Å². The summed E-state index contributed by atoms with van der Waals surface area (Å²) in [5.41, 5.74) is 1.47. The highest BCUT2D eigenvalue weighted by atomic mass is 32.2. The van der Waals surface area contributed by atoms with Crippen LogP contribution in [0.3, 0.4) is 0 Å². The summed E-state index contributed by atoms with van der Waals surface area (Å²) < 4.78 is 30.9. The Morgan fingerprint density at radius 1 is 1.15 bits per heavy atom. The predicted octanol–water partition coefficient (Wildman–Crippen LogP) is 2.88. The maximum atomic E-state index is 12.6. The number of likely N-dealkylation sites (tertiary alicyclic amines) is 1. The molecule has 140 valence electrons. The summed E-state index contributed by atoms with van der Waals surface area (Å²) in [6.07, 6.45) is 4.69. The van der Waals surface area contributed by atoms with E-state index < -0.39 is 9.84 Å². The molecule has 1 aliphatic heterocycles. The van der Waals surface area contributed by atoms with E-state index in [1.165, 1.54) is 11.8 Å². The molecule has 2 fully saturated rings. The second-order valence-corrected chi connectivity index (χ2v) is 10.4. The molecule has 26 heavy (non-hydrogen) atoms. The molecule has 1 saturated heterocycles. The van der Waals surface area contributed by atoms with Crippen LogP contribution in [0.5, 0.6) is 0 Å². The minimum atomic E-state index is -3.11. The minimum absolute atomic E-state index is 0.0626. The molecule has 6 nitrogen and oxygen atoms in total. The largest absolute Gasteiger partial charge is 0.431 e. The quantitative estimate of drug-likeness (QED) is 0.726. The summed E-state index contributed by atoms with van der Waals surface area (Å²) in [5.74, 6) is 0.149. The number of nitrogens with zero attached hydrogens (tertiary/aromatic N) is 2. The van der Waals surface area contributed by atoms with Crippen LogP contribution in [0.1, 0.15) is 32.1 Å². The lowest BCUT2D eigenvalue weighted by molar-refractivity contribution is -0.131. The van der Waals surface area contributed by atoms with Crippen LogP contribution in [0, 0.1) is 0 Å². The van der Waals surface area contributed by atoms with Crippen LogP contribution in [0.15, 0.2) is 33.9 Å². The lowest BCUT2D eigenvalue weighted by Crippen LogP contribution is -2.59. The van der Waals surface area contributed by atoms with Crippen LogP contribution >= 0.6 is 11.8 Å². The van der Waals surface area contributed by atoms with Gasteiger partial charge < -0.3 is 9.32 Å². The number of fused-ring (bicyclic) bond motifs is 1. The van der Waals surface area contributed by atoms with Crippen molar-refractivity contribution in [1.29, 1.82) is 0 Å². The molecule has 0 unspecified atom stereocenters. The summed E-state index contributed by atoms with van der Waals surface area (Å²) in [4.78, 5) is 18.3. The highest BCUT2D eigenvalue weighted by molar-refractivity contribution is 7.99. The fourth-order valence-electron chi connectivity index (χ4n) is 3.64.